The van der Waals surface area contributed by atoms with Gasteiger partial charge in [0.05, 0.1) is 6.26 Å². The molecule has 1 aromatic heterocycles. The number of carbonyl (C=O) groups is 1. The number of ether oxygens (including phenoxy) is 1. The summed E-state index contributed by atoms with van der Waals surface area (Å²) in [6, 6.07) is 16.4. The molecule has 2 aromatic carbocycles. The maximum Gasteiger partial charge on any atom is 0.379 e. The fraction of sp³-hybridized carbons (Fsp3) is 0.0526. The number of amidine groups is 1. The Morgan fingerprint density at radius 2 is 1.78 bits per heavy atom. The Morgan fingerprint density at radius 1 is 1.04 bits per heavy atom. The van der Waals surface area contributed by atoms with E-state index in [-0.39, 0.29) is 10.7 Å². The molecule has 3 aromatic rings. The first-order valence-corrected chi connectivity index (χ1v) is 9.43. The molecule has 0 atom stereocenters. The molecule has 0 saturated heterocycles. The highest BCUT2D eigenvalue weighted by Gasteiger charge is 2.30. The zero-order chi connectivity index (χ0) is 19.0. The van der Waals surface area contributed by atoms with Gasteiger partial charge in [0.1, 0.15) is 10.6 Å². The van der Waals surface area contributed by atoms with Gasteiger partial charge >= 0.3 is 5.97 Å². The van der Waals surface area contributed by atoms with Crippen molar-refractivity contribution in [2.24, 2.45) is 4.40 Å². The normalized spacial score (nSPS) is 14.3. The molecule has 2 heterocycles. The van der Waals surface area contributed by atoms with Crippen molar-refractivity contribution < 1.29 is 22.4 Å². The van der Waals surface area contributed by atoms with E-state index in [1.54, 1.807) is 60.5 Å². The van der Waals surface area contributed by atoms with Crippen LogP contribution in [0.2, 0.25) is 0 Å². The topological polar surface area (TPSA) is 89.2 Å². The van der Waals surface area contributed by atoms with Gasteiger partial charge in [-0.3, -0.25) is 0 Å². The molecule has 0 N–H and O–H groups in total. The summed E-state index contributed by atoms with van der Waals surface area (Å²) in [5.41, 5.74) is 1.24. The number of nitrogens with zero attached hydrogens (tertiary/aromatic N) is 2. The van der Waals surface area contributed by atoms with Crippen molar-refractivity contribution in [3.05, 3.63) is 78.3 Å². The lowest BCUT2D eigenvalue weighted by Crippen LogP contribution is -2.25. The van der Waals surface area contributed by atoms with E-state index in [2.05, 4.69) is 4.40 Å². The molecule has 27 heavy (non-hydrogen) atoms. The van der Waals surface area contributed by atoms with Crippen LogP contribution in [-0.4, -0.2) is 27.3 Å². The van der Waals surface area contributed by atoms with Gasteiger partial charge in [-0.05, 0) is 48.5 Å². The van der Waals surface area contributed by atoms with Crippen molar-refractivity contribution >= 4 is 27.5 Å². The van der Waals surface area contributed by atoms with E-state index in [9.17, 15) is 13.2 Å². The largest absolute Gasteiger partial charge is 0.457 e. The first kappa shape index (κ1) is 17.0. The summed E-state index contributed by atoms with van der Waals surface area (Å²) in [4.78, 5) is 13.8. The number of benzene rings is 2. The SMILES string of the molecule is CN(C1=NS(=O)(=O)c2ccccc21)c1ccc(OC(=O)c2ccco2)cc1. The lowest BCUT2D eigenvalue weighted by Gasteiger charge is -2.19. The van der Waals surface area contributed by atoms with Gasteiger partial charge in [-0.15, -0.1) is 4.40 Å². The highest BCUT2D eigenvalue weighted by Crippen LogP contribution is 2.29. The molecule has 1 aliphatic heterocycles. The van der Waals surface area contributed by atoms with Gasteiger partial charge in [-0.25, -0.2) is 4.79 Å². The number of fused-ring (bicyclic) bond motifs is 1. The molecule has 0 spiro atoms. The first-order chi connectivity index (χ1) is 13.0. The van der Waals surface area contributed by atoms with Crippen LogP contribution in [0.5, 0.6) is 5.75 Å². The molecule has 0 radical (unpaired) electrons. The van der Waals surface area contributed by atoms with E-state index in [0.29, 0.717) is 22.8 Å². The molecular formula is C19H14N2O5S. The third kappa shape index (κ3) is 3.11. The summed E-state index contributed by atoms with van der Waals surface area (Å²) in [5, 5.41) is 0. The summed E-state index contributed by atoms with van der Waals surface area (Å²) < 4.78 is 38.5. The van der Waals surface area contributed by atoms with Crippen LogP contribution < -0.4 is 9.64 Å². The van der Waals surface area contributed by atoms with Gasteiger partial charge in [0, 0.05) is 18.3 Å². The van der Waals surface area contributed by atoms with Crippen molar-refractivity contribution in [3.8, 4) is 5.75 Å². The van der Waals surface area contributed by atoms with Gasteiger partial charge in [0.15, 0.2) is 5.84 Å². The standard InChI is InChI=1S/C19H14N2O5S/c1-21(18-15-5-2-3-7-17(15)27(23,24)20-18)13-8-10-14(11-9-13)26-19(22)16-6-4-12-25-16/h2-12H,1H3. The zero-order valence-corrected chi connectivity index (χ0v) is 15.0. The maximum atomic E-state index is 12.2. The van der Waals surface area contributed by atoms with E-state index < -0.39 is 16.0 Å². The van der Waals surface area contributed by atoms with Gasteiger partial charge in [0.2, 0.25) is 5.76 Å². The average Bonchev–Trinajstić information content (AvgIpc) is 3.29. The van der Waals surface area contributed by atoms with Crippen molar-refractivity contribution in [1.82, 2.24) is 0 Å². The Morgan fingerprint density at radius 3 is 2.48 bits per heavy atom. The molecule has 8 heteroatoms. The Labute approximate surface area is 155 Å². The number of hydrogen-bond acceptors (Lipinski definition) is 6. The molecule has 136 valence electrons. The number of furan rings is 1. The molecular weight excluding hydrogens is 368 g/mol. The second kappa shape index (κ2) is 6.40. The second-order valence-electron chi connectivity index (χ2n) is 5.81. The summed E-state index contributed by atoms with van der Waals surface area (Å²) in [5.74, 6) is 0.195. The van der Waals surface area contributed by atoms with E-state index in [0.717, 1.165) is 0 Å². The Balaban J connectivity index is 1.57. The first-order valence-electron chi connectivity index (χ1n) is 7.99. The van der Waals surface area contributed by atoms with Crippen LogP contribution in [0.25, 0.3) is 0 Å². The summed E-state index contributed by atoms with van der Waals surface area (Å²) >= 11 is 0. The number of anilines is 1. The van der Waals surface area contributed by atoms with Crippen LogP contribution in [0, 0.1) is 0 Å². The molecule has 1 aliphatic rings. The fourth-order valence-corrected chi connectivity index (χ4v) is 3.98. The smallest absolute Gasteiger partial charge is 0.379 e. The molecule has 0 fully saturated rings. The number of rotatable bonds is 3. The Kier molecular flexibility index (Phi) is 4.04. The van der Waals surface area contributed by atoms with Crippen molar-refractivity contribution in [3.63, 3.8) is 0 Å². The minimum Gasteiger partial charge on any atom is -0.457 e. The van der Waals surface area contributed by atoms with E-state index >= 15 is 0 Å². The third-order valence-corrected chi connectivity index (χ3v) is 5.41. The Hall–Kier alpha value is -3.39. The lowest BCUT2D eigenvalue weighted by molar-refractivity contribution is 0.0701. The second-order valence-corrected chi connectivity index (χ2v) is 7.38. The number of esters is 1. The number of carbonyl (C=O) groups excluding carboxylic acids is 1. The van der Waals surface area contributed by atoms with Crippen molar-refractivity contribution in [2.75, 3.05) is 11.9 Å². The highest BCUT2D eigenvalue weighted by atomic mass is 32.2. The quantitative estimate of drug-likeness (QED) is 0.511. The van der Waals surface area contributed by atoms with Crippen LogP contribution >= 0.6 is 0 Å². The summed E-state index contributed by atoms with van der Waals surface area (Å²) in [7, 11) is -1.97. The van der Waals surface area contributed by atoms with Crippen LogP contribution in [0.1, 0.15) is 16.1 Å². The van der Waals surface area contributed by atoms with Crippen molar-refractivity contribution in [1.29, 1.82) is 0 Å². The maximum absolute atomic E-state index is 12.2. The molecule has 0 unspecified atom stereocenters. The van der Waals surface area contributed by atoms with E-state index in [4.69, 9.17) is 9.15 Å². The minimum atomic E-state index is -3.69. The predicted octanol–water partition coefficient (Wildman–Crippen LogP) is 3.08. The zero-order valence-electron chi connectivity index (χ0n) is 14.2. The van der Waals surface area contributed by atoms with E-state index in [1.165, 1.54) is 18.4 Å². The molecule has 0 amide bonds. The minimum absolute atomic E-state index is 0.110. The molecule has 0 aliphatic carbocycles. The predicted molar refractivity (Wildman–Crippen MR) is 98.7 cm³/mol. The Bertz CT molecular complexity index is 1130. The van der Waals surface area contributed by atoms with Crippen LogP contribution in [0.15, 0.2) is 80.6 Å². The van der Waals surface area contributed by atoms with Gasteiger partial charge < -0.3 is 14.1 Å². The van der Waals surface area contributed by atoms with Crippen LogP contribution in [0.3, 0.4) is 0 Å². The molecule has 7 nitrogen and oxygen atoms in total. The van der Waals surface area contributed by atoms with Crippen LogP contribution in [0.4, 0.5) is 5.69 Å². The summed E-state index contributed by atoms with van der Waals surface area (Å²) in [6.45, 7) is 0. The van der Waals surface area contributed by atoms with Crippen LogP contribution in [-0.2, 0) is 10.0 Å². The van der Waals surface area contributed by atoms with Gasteiger partial charge in [-0.2, -0.15) is 8.42 Å². The highest BCUT2D eigenvalue weighted by molar-refractivity contribution is 7.90. The van der Waals surface area contributed by atoms with Gasteiger partial charge in [-0.1, -0.05) is 12.1 Å². The molecule has 0 bridgehead atoms. The van der Waals surface area contributed by atoms with Crippen molar-refractivity contribution in [2.45, 2.75) is 4.90 Å². The monoisotopic (exact) mass is 382 g/mol. The third-order valence-electron chi connectivity index (χ3n) is 4.09. The van der Waals surface area contributed by atoms with E-state index in [1.807, 2.05) is 0 Å². The van der Waals surface area contributed by atoms with Gasteiger partial charge in [0.25, 0.3) is 10.0 Å². The number of hydrogen-bond donors (Lipinski definition) is 0. The molecule has 4 rings (SSSR count). The fourth-order valence-electron chi connectivity index (χ4n) is 2.74. The summed E-state index contributed by atoms with van der Waals surface area (Å²) in [6.07, 6.45) is 1.39. The number of sulfonamides is 1. The molecule has 0 saturated carbocycles. The average molecular weight is 382 g/mol. The lowest BCUT2D eigenvalue weighted by atomic mass is 10.2.